The molecule has 2 aromatic rings. The quantitative estimate of drug-likeness (QED) is 0.411. The number of benzene rings is 2. The van der Waals surface area contributed by atoms with Crippen molar-refractivity contribution in [2.45, 2.75) is 52.7 Å². The largest absolute Gasteiger partial charge is 0.444 e. The third-order valence-electron chi connectivity index (χ3n) is 3.33. The van der Waals surface area contributed by atoms with Crippen LogP contribution in [0, 0.1) is 24.0 Å². The number of anilines is 2. The van der Waals surface area contributed by atoms with E-state index in [0.29, 0.717) is 10.0 Å². The highest BCUT2D eigenvalue weighted by molar-refractivity contribution is 9.10. The lowest BCUT2D eigenvalue weighted by molar-refractivity contribution is 0.0624. The molecular weight excluding hydrogens is 498 g/mol. The van der Waals surface area contributed by atoms with Crippen LogP contribution in [0.2, 0.25) is 0 Å². The molecule has 2 N–H and O–H groups in total. The second kappa shape index (κ2) is 11.7. The van der Waals surface area contributed by atoms with Gasteiger partial charge >= 0.3 is 12.2 Å². The smallest absolute Gasteiger partial charge is 0.412 e. The van der Waals surface area contributed by atoms with Crippen LogP contribution in [0.4, 0.5) is 29.7 Å². The Morgan fingerprint density at radius 3 is 1.70 bits per heavy atom. The van der Waals surface area contributed by atoms with Gasteiger partial charge in [0.2, 0.25) is 0 Å². The maximum atomic E-state index is 13.4. The van der Waals surface area contributed by atoms with Crippen LogP contribution >= 0.6 is 15.9 Å². The van der Waals surface area contributed by atoms with Crippen LogP contribution in [0.25, 0.3) is 0 Å². The van der Waals surface area contributed by atoms with E-state index in [9.17, 15) is 18.4 Å². The first kappa shape index (κ1) is 27.9. The molecule has 0 atom stereocenters. The van der Waals surface area contributed by atoms with Gasteiger partial charge in [0.15, 0.2) is 0 Å². The van der Waals surface area contributed by atoms with Gasteiger partial charge in [-0.3, -0.25) is 10.6 Å². The van der Waals surface area contributed by atoms with Crippen LogP contribution in [0.15, 0.2) is 40.9 Å². The SMILES string of the molecule is C#Cc1ccc(F)c(NC(=O)OC(C)(C)C)c1.CC(C)(C)OC(=O)Nc1cc(Br)ccc1F. The van der Waals surface area contributed by atoms with Crippen LogP contribution in [0.3, 0.4) is 0 Å². The molecule has 0 saturated heterocycles. The number of hydrogen-bond acceptors (Lipinski definition) is 4. The molecule has 6 nitrogen and oxygen atoms in total. The Morgan fingerprint density at radius 2 is 1.27 bits per heavy atom. The molecule has 0 bridgehead atoms. The maximum Gasteiger partial charge on any atom is 0.412 e. The van der Waals surface area contributed by atoms with E-state index in [4.69, 9.17) is 15.9 Å². The molecule has 9 heteroatoms. The van der Waals surface area contributed by atoms with Gasteiger partial charge in [-0.15, -0.1) is 6.42 Å². The number of carbonyl (C=O) groups excluding carboxylic acids is 2. The van der Waals surface area contributed by atoms with Crippen molar-refractivity contribution in [1.29, 1.82) is 0 Å². The molecule has 2 rings (SSSR count). The van der Waals surface area contributed by atoms with Crippen LogP contribution in [0.5, 0.6) is 0 Å². The van der Waals surface area contributed by atoms with E-state index in [1.54, 1.807) is 47.6 Å². The normalized spacial score (nSPS) is 10.8. The summed E-state index contributed by atoms with van der Waals surface area (Å²) in [6.45, 7) is 10.4. The fourth-order valence-electron chi connectivity index (χ4n) is 2.13. The van der Waals surface area contributed by atoms with Crippen molar-refractivity contribution in [1.82, 2.24) is 0 Å². The summed E-state index contributed by atoms with van der Waals surface area (Å²) in [7, 11) is 0. The number of halogens is 3. The Balaban J connectivity index is 0.000000331. The van der Waals surface area contributed by atoms with Gasteiger partial charge in [-0.25, -0.2) is 18.4 Å². The Kier molecular flexibility index (Phi) is 9.86. The van der Waals surface area contributed by atoms with Gasteiger partial charge in [-0.05, 0) is 77.9 Å². The summed E-state index contributed by atoms with van der Waals surface area (Å²) in [4.78, 5) is 22.8. The summed E-state index contributed by atoms with van der Waals surface area (Å²) in [5.74, 6) is 1.29. The molecule has 0 aliphatic rings. The molecule has 178 valence electrons. The van der Waals surface area contributed by atoms with Crippen LogP contribution in [-0.2, 0) is 9.47 Å². The van der Waals surface area contributed by atoms with E-state index in [1.165, 1.54) is 30.3 Å². The minimum absolute atomic E-state index is 0.00898. The number of carbonyl (C=O) groups is 2. The fraction of sp³-hybridized carbons (Fsp3) is 0.333. The molecule has 2 aromatic carbocycles. The van der Waals surface area contributed by atoms with Gasteiger partial charge < -0.3 is 9.47 Å². The molecular formula is C24H27BrF2N2O4. The molecule has 0 aliphatic heterocycles. The summed E-state index contributed by atoms with van der Waals surface area (Å²) in [6, 6.07) is 8.31. The zero-order valence-electron chi connectivity index (χ0n) is 19.3. The van der Waals surface area contributed by atoms with Gasteiger partial charge in [0.25, 0.3) is 0 Å². The maximum absolute atomic E-state index is 13.4. The number of terminal acetylenes is 1. The van der Waals surface area contributed by atoms with E-state index in [-0.39, 0.29) is 11.4 Å². The van der Waals surface area contributed by atoms with Crippen LogP contribution in [-0.4, -0.2) is 23.4 Å². The Morgan fingerprint density at radius 1 is 0.848 bits per heavy atom. The predicted molar refractivity (Wildman–Crippen MR) is 128 cm³/mol. The number of nitrogens with one attached hydrogen (secondary N) is 2. The van der Waals surface area contributed by atoms with E-state index in [0.717, 1.165) is 0 Å². The number of rotatable bonds is 2. The second-order valence-corrected chi connectivity index (χ2v) is 9.63. The Bertz CT molecular complexity index is 1040. The summed E-state index contributed by atoms with van der Waals surface area (Å²) >= 11 is 3.19. The summed E-state index contributed by atoms with van der Waals surface area (Å²) < 4.78 is 37.3. The van der Waals surface area contributed by atoms with Crippen molar-refractivity contribution >= 4 is 39.5 Å². The number of amides is 2. The molecule has 33 heavy (non-hydrogen) atoms. The molecule has 0 aromatic heterocycles. The van der Waals surface area contributed by atoms with Crippen molar-refractivity contribution in [2.75, 3.05) is 10.6 Å². The molecule has 0 saturated carbocycles. The Labute approximate surface area is 201 Å². The van der Waals surface area contributed by atoms with Gasteiger partial charge in [-0.2, -0.15) is 0 Å². The van der Waals surface area contributed by atoms with Gasteiger partial charge in [0.05, 0.1) is 11.4 Å². The van der Waals surface area contributed by atoms with Crippen molar-refractivity contribution in [2.24, 2.45) is 0 Å². The number of hydrogen-bond donors (Lipinski definition) is 2. The Hall–Kier alpha value is -3.12. The van der Waals surface area contributed by atoms with E-state index < -0.39 is 35.0 Å². The van der Waals surface area contributed by atoms with Crippen molar-refractivity contribution in [3.8, 4) is 12.3 Å². The summed E-state index contributed by atoms with van der Waals surface area (Å²) in [6.07, 6.45) is 3.79. The van der Waals surface area contributed by atoms with E-state index in [2.05, 4.69) is 32.5 Å². The zero-order chi connectivity index (χ0) is 25.4. The lowest BCUT2D eigenvalue weighted by Gasteiger charge is -2.19. The van der Waals surface area contributed by atoms with Gasteiger partial charge in [0, 0.05) is 10.0 Å². The van der Waals surface area contributed by atoms with E-state index >= 15 is 0 Å². The fourth-order valence-corrected chi connectivity index (χ4v) is 2.49. The highest BCUT2D eigenvalue weighted by Gasteiger charge is 2.18. The molecule has 0 spiro atoms. The molecule has 0 unspecified atom stereocenters. The highest BCUT2D eigenvalue weighted by Crippen LogP contribution is 2.21. The third-order valence-corrected chi connectivity index (χ3v) is 3.83. The first-order valence-electron chi connectivity index (χ1n) is 9.81. The minimum atomic E-state index is -0.717. The minimum Gasteiger partial charge on any atom is -0.444 e. The molecule has 0 heterocycles. The third kappa shape index (κ3) is 11.3. The predicted octanol–water partition coefficient (Wildman–Crippen LogP) is 7.09. The monoisotopic (exact) mass is 524 g/mol. The molecule has 0 fully saturated rings. The van der Waals surface area contributed by atoms with Crippen molar-refractivity contribution in [3.63, 3.8) is 0 Å². The van der Waals surface area contributed by atoms with Gasteiger partial charge in [0.1, 0.15) is 22.8 Å². The van der Waals surface area contributed by atoms with Crippen LogP contribution < -0.4 is 10.6 Å². The van der Waals surface area contributed by atoms with Crippen molar-refractivity contribution < 1.29 is 27.8 Å². The zero-order valence-corrected chi connectivity index (χ0v) is 20.9. The first-order valence-corrected chi connectivity index (χ1v) is 10.6. The average molecular weight is 525 g/mol. The summed E-state index contributed by atoms with van der Waals surface area (Å²) in [5, 5.41) is 4.65. The molecule has 2 amide bonds. The molecule has 0 radical (unpaired) electrons. The number of ether oxygens (including phenoxy) is 2. The topological polar surface area (TPSA) is 76.7 Å². The summed E-state index contributed by atoms with van der Waals surface area (Å²) in [5.41, 5.74) is -0.660. The van der Waals surface area contributed by atoms with E-state index in [1.807, 2.05) is 0 Å². The van der Waals surface area contributed by atoms with Gasteiger partial charge in [-0.1, -0.05) is 21.9 Å². The standard InChI is InChI=1S/C13H14FNO2.C11H13BrFNO2/c1-5-9-6-7-10(14)11(8-9)15-12(16)17-13(2,3)4;1-11(2,3)16-10(15)14-9-6-7(12)4-5-8(9)13/h1,6-8H,2-4H3,(H,15,16);4-6H,1-3H3,(H,14,15). The average Bonchev–Trinajstić information content (AvgIpc) is 2.64. The molecule has 0 aliphatic carbocycles. The second-order valence-electron chi connectivity index (χ2n) is 8.72. The van der Waals surface area contributed by atoms with Crippen molar-refractivity contribution in [3.05, 3.63) is 58.1 Å². The lowest BCUT2D eigenvalue weighted by Crippen LogP contribution is -2.27. The van der Waals surface area contributed by atoms with Crippen LogP contribution in [0.1, 0.15) is 47.1 Å². The highest BCUT2D eigenvalue weighted by atomic mass is 79.9. The first-order chi connectivity index (χ1) is 15.1. The lowest BCUT2D eigenvalue weighted by atomic mass is 10.2.